The summed E-state index contributed by atoms with van der Waals surface area (Å²) in [5, 5.41) is 10.7. The maximum atomic E-state index is 10.7. The Bertz CT molecular complexity index is 415. The third kappa shape index (κ3) is 4.08. The Morgan fingerprint density at radius 2 is 1.71 bits per heavy atom. The molecule has 2 atom stereocenters. The van der Waals surface area contributed by atoms with Gasteiger partial charge in [-0.15, -0.1) is 0 Å². The molecule has 0 amide bonds. The van der Waals surface area contributed by atoms with Crippen molar-refractivity contribution in [1.82, 2.24) is 4.90 Å². The minimum Gasteiger partial charge on any atom is -0.387 e. The Morgan fingerprint density at radius 3 is 2.19 bits per heavy atom. The molecule has 1 aromatic rings. The third-order valence-electron chi connectivity index (χ3n) is 5.15. The average molecular weight is 289 g/mol. The average Bonchev–Trinajstić information content (AvgIpc) is 2.48. The molecule has 2 nitrogen and oxygen atoms in total. The molecule has 118 valence electrons. The highest BCUT2D eigenvalue weighted by Crippen LogP contribution is 2.36. The molecule has 2 heteroatoms. The first kappa shape index (κ1) is 16.5. The number of hydrogen-bond donors (Lipinski definition) is 1. The van der Waals surface area contributed by atoms with Crippen molar-refractivity contribution in [3.8, 4) is 0 Å². The van der Waals surface area contributed by atoms with E-state index in [0.29, 0.717) is 5.41 Å². The largest absolute Gasteiger partial charge is 0.387 e. The van der Waals surface area contributed by atoms with E-state index in [9.17, 15) is 5.11 Å². The van der Waals surface area contributed by atoms with Crippen molar-refractivity contribution in [3.05, 3.63) is 35.9 Å². The monoisotopic (exact) mass is 289 g/mol. The Labute approximate surface area is 130 Å². The van der Waals surface area contributed by atoms with E-state index in [0.717, 1.165) is 31.0 Å². The van der Waals surface area contributed by atoms with Gasteiger partial charge < -0.3 is 5.11 Å². The van der Waals surface area contributed by atoms with E-state index in [1.165, 1.54) is 12.8 Å². The SMILES string of the molecule is CCC(C(O)c1ccccc1)N1CCC(C(C)(C)C)CC1. The Kier molecular flexibility index (Phi) is 5.45. The summed E-state index contributed by atoms with van der Waals surface area (Å²) < 4.78 is 0. The second-order valence-corrected chi connectivity index (χ2v) is 7.51. The quantitative estimate of drug-likeness (QED) is 0.895. The van der Waals surface area contributed by atoms with Crippen LogP contribution in [-0.4, -0.2) is 29.1 Å². The van der Waals surface area contributed by atoms with Crippen LogP contribution >= 0.6 is 0 Å². The zero-order chi connectivity index (χ0) is 15.5. The van der Waals surface area contributed by atoms with Gasteiger partial charge in [0.25, 0.3) is 0 Å². The van der Waals surface area contributed by atoms with Gasteiger partial charge in [-0.1, -0.05) is 58.0 Å². The van der Waals surface area contributed by atoms with E-state index in [-0.39, 0.29) is 12.1 Å². The molecule has 0 spiro atoms. The highest BCUT2D eigenvalue weighted by Gasteiger charge is 2.33. The van der Waals surface area contributed by atoms with E-state index in [1.54, 1.807) is 0 Å². The van der Waals surface area contributed by atoms with E-state index in [4.69, 9.17) is 0 Å². The summed E-state index contributed by atoms with van der Waals surface area (Å²) >= 11 is 0. The predicted molar refractivity (Wildman–Crippen MR) is 89.2 cm³/mol. The molecular weight excluding hydrogens is 258 g/mol. The van der Waals surface area contributed by atoms with Crippen LogP contribution in [0.2, 0.25) is 0 Å². The van der Waals surface area contributed by atoms with Crippen LogP contribution in [-0.2, 0) is 0 Å². The number of benzene rings is 1. The molecule has 21 heavy (non-hydrogen) atoms. The summed E-state index contributed by atoms with van der Waals surface area (Å²) in [5.74, 6) is 0.806. The molecule has 1 N–H and O–H groups in total. The molecule has 0 saturated carbocycles. The number of hydrogen-bond acceptors (Lipinski definition) is 2. The fourth-order valence-electron chi connectivity index (χ4n) is 3.65. The molecule has 0 aliphatic carbocycles. The maximum Gasteiger partial charge on any atom is 0.0945 e. The van der Waals surface area contributed by atoms with Crippen molar-refractivity contribution in [2.45, 2.75) is 59.1 Å². The lowest BCUT2D eigenvalue weighted by molar-refractivity contribution is 0.0122. The second-order valence-electron chi connectivity index (χ2n) is 7.51. The standard InChI is InChI=1S/C19H31NO/c1-5-17(18(21)15-9-7-6-8-10-15)20-13-11-16(12-14-20)19(2,3)4/h6-10,16-18,21H,5,11-14H2,1-4H3. The predicted octanol–water partition coefficient (Wildman–Crippen LogP) is 4.26. The van der Waals surface area contributed by atoms with Crippen LogP contribution in [0.5, 0.6) is 0 Å². The summed E-state index contributed by atoms with van der Waals surface area (Å²) in [6.45, 7) is 11.5. The van der Waals surface area contributed by atoms with Crippen LogP contribution in [0.1, 0.15) is 58.6 Å². The first-order valence-corrected chi connectivity index (χ1v) is 8.40. The first-order valence-electron chi connectivity index (χ1n) is 8.40. The van der Waals surface area contributed by atoms with Crippen LogP contribution in [0.15, 0.2) is 30.3 Å². The van der Waals surface area contributed by atoms with Crippen molar-refractivity contribution >= 4 is 0 Å². The fraction of sp³-hybridized carbons (Fsp3) is 0.684. The molecule has 1 aliphatic heterocycles. The van der Waals surface area contributed by atoms with Crippen LogP contribution in [0.3, 0.4) is 0 Å². The van der Waals surface area contributed by atoms with Gasteiger partial charge in [0.2, 0.25) is 0 Å². The van der Waals surface area contributed by atoms with Gasteiger partial charge in [0.05, 0.1) is 6.10 Å². The Hall–Kier alpha value is -0.860. The maximum absolute atomic E-state index is 10.7. The third-order valence-corrected chi connectivity index (χ3v) is 5.15. The van der Waals surface area contributed by atoms with E-state index in [2.05, 4.69) is 32.6 Å². The lowest BCUT2D eigenvalue weighted by Crippen LogP contribution is -2.46. The van der Waals surface area contributed by atoms with Gasteiger partial charge in [-0.3, -0.25) is 4.90 Å². The van der Waals surface area contributed by atoms with Gasteiger partial charge in [-0.25, -0.2) is 0 Å². The van der Waals surface area contributed by atoms with Crippen LogP contribution in [0.25, 0.3) is 0 Å². The molecule has 1 aliphatic rings. The van der Waals surface area contributed by atoms with Gasteiger partial charge in [-0.05, 0) is 49.2 Å². The van der Waals surface area contributed by atoms with Crippen LogP contribution < -0.4 is 0 Å². The van der Waals surface area contributed by atoms with Gasteiger partial charge in [-0.2, -0.15) is 0 Å². The summed E-state index contributed by atoms with van der Waals surface area (Å²) in [4.78, 5) is 2.50. The van der Waals surface area contributed by atoms with Crippen molar-refractivity contribution in [1.29, 1.82) is 0 Å². The summed E-state index contributed by atoms with van der Waals surface area (Å²) in [6.07, 6.45) is 3.13. The van der Waals surface area contributed by atoms with Crippen molar-refractivity contribution in [3.63, 3.8) is 0 Å². The fourth-order valence-corrected chi connectivity index (χ4v) is 3.65. The number of aliphatic hydroxyl groups is 1. The number of rotatable bonds is 4. The molecule has 0 radical (unpaired) electrons. The molecule has 1 saturated heterocycles. The van der Waals surface area contributed by atoms with Gasteiger partial charge >= 0.3 is 0 Å². The number of aliphatic hydroxyl groups excluding tert-OH is 1. The first-order chi connectivity index (χ1) is 9.93. The summed E-state index contributed by atoms with van der Waals surface area (Å²) in [7, 11) is 0. The minimum atomic E-state index is -0.373. The number of piperidine rings is 1. The van der Waals surface area contributed by atoms with Crippen molar-refractivity contribution < 1.29 is 5.11 Å². The van der Waals surface area contributed by atoms with Crippen molar-refractivity contribution in [2.75, 3.05) is 13.1 Å². The molecule has 0 bridgehead atoms. The van der Waals surface area contributed by atoms with Crippen LogP contribution in [0.4, 0.5) is 0 Å². The highest BCUT2D eigenvalue weighted by molar-refractivity contribution is 5.19. The lowest BCUT2D eigenvalue weighted by Gasteiger charge is -2.43. The van der Waals surface area contributed by atoms with E-state index < -0.39 is 0 Å². The normalized spacial score (nSPS) is 21.2. The molecule has 2 unspecified atom stereocenters. The Morgan fingerprint density at radius 1 is 1.14 bits per heavy atom. The minimum absolute atomic E-state index is 0.244. The molecule has 1 fully saturated rings. The van der Waals surface area contributed by atoms with Gasteiger partial charge in [0.15, 0.2) is 0 Å². The lowest BCUT2D eigenvalue weighted by atomic mass is 9.75. The van der Waals surface area contributed by atoms with E-state index >= 15 is 0 Å². The van der Waals surface area contributed by atoms with Gasteiger partial charge in [0, 0.05) is 6.04 Å². The molecule has 2 rings (SSSR count). The van der Waals surface area contributed by atoms with Crippen LogP contribution in [0, 0.1) is 11.3 Å². The smallest absolute Gasteiger partial charge is 0.0945 e. The number of nitrogens with zero attached hydrogens (tertiary/aromatic N) is 1. The highest BCUT2D eigenvalue weighted by atomic mass is 16.3. The zero-order valence-corrected chi connectivity index (χ0v) is 14.0. The van der Waals surface area contributed by atoms with E-state index in [1.807, 2.05) is 30.3 Å². The summed E-state index contributed by atoms with van der Waals surface area (Å²) in [5.41, 5.74) is 1.45. The summed E-state index contributed by atoms with van der Waals surface area (Å²) in [6, 6.07) is 10.3. The van der Waals surface area contributed by atoms with Gasteiger partial charge in [0.1, 0.15) is 0 Å². The second kappa shape index (κ2) is 6.93. The molecular formula is C19H31NO. The topological polar surface area (TPSA) is 23.5 Å². The Balaban J connectivity index is 2.00. The molecule has 1 aromatic carbocycles. The van der Waals surface area contributed by atoms with Crippen molar-refractivity contribution in [2.24, 2.45) is 11.3 Å². The molecule has 1 heterocycles. The zero-order valence-electron chi connectivity index (χ0n) is 14.0. The molecule has 0 aromatic heterocycles. The number of likely N-dealkylation sites (tertiary alicyclic amines) is 1.